The van der Waals surface area contributed by atoms with Crippen molar-refractivity contribution >= 4 is 33.0 Å². The molecule has 0 bridgehead atoms. The maximum Gasteiger partial charge on any atom is 0.226 e. The number of benzene rings is 1. The largest absolute Gasteiger partial charge is 0.368 e. The molecule has 0 N–H and O–H groups in total. The number of anilines is 1. The van der Waals surface area contributed by atoms with Crippen molar-refractivity contribution < 1.29 is 13.2 Å². The van der Waals surface area contributed by atoms with Gasteiger partial charge in [0.25, 0.3) is 0 Å². The fourth-order valence-corrected chi connectivity index (χ4v) is 5.02. The lowest BCUT2D eigenvalue weighted by molar-refractivity contribution is -0.135. The van der Waals surface area contributed by atoms with E-state index >= 15 is 0 Å². The molecule has 0 unspecified atom stereocenters. The standard InChI is InChI=1S/C15H19ClN2O3S/c16-13-2-1-3-14(10-13)17-5-7-18(8-6-17)15(19)12-4-9-22(20,21)11-12/h1-3,10,12H,4-9,11H2/t12-/m1/s1. The van der Waals surface area contributed by atoms with Crippen molar-refractivity contribution in [3.05, 3.63) is 29.3 Å². The number of rotatable bonds is 2. The molecule has 2 fully saturated rings. The highest BCUT2D eigenvalue weighted by Crippen LogP contribution is 2.24. The summed E-state index contributed by atoms with van der Waals surface area (Å²) in [5, 5.41) is 0.701. The fourth-order valence-electron chi connectivity index (χ4n) is 3.11. The second-order valence-electron chi connectivity index (χ2n) is 5.89. The minimum Gasteiger partial charge on any atom is -0.368 e. The summed E-state index contributed by atoms with van der Waals surface area (Å²) in [6.07, 6.45) is 0.468. The van der Waals surface area contributed by atoms with Gasteiger partial charge in [0.2, 0.25) is 5.91 Å². The van der Waals surface area contributed by atoms with E-state index in [0.29, 0.717) is 24.5 Å². The van der Waals surface area contributed by atoms with Crippen LogP contribution in [-0.2, 0) is 14.6 Å². The molecule has 120 valence electrons. The molecule has 0 radical (unpaired) electrons. The number of hydrogen-bond acceptors (Lipinski definition) is 4. The molecule has 7 heteroatoms. The molecule has 5 nitrogen and oxygen atoms in total. The molecule has 0 saturated carbocycles. The highest BCUT2D eigenvalue weighted by Gasteiger charge is 2.36. The van der Waals surface area contributed by atoms with Crippen LogP contribution in [0, 0.1) is 5.92 Å². The predicted molar refractivity (Wildman–Crippen MR) is 87.0 cm³/mol. The molecule has 3 rings (SSSR count). The molecule has 1 aromatic rings. The Morgan fingerprint density at radius 2 is 1.91 bits per heavy atom. The van der Waals surface area contributed by atoms with Crippen molar-refractivity contribution in [1.29, 1.82) is 0 Å². The quantitative estimate of drug-likeness (QED) is 0.815. The summed E-state index contributed by atoms with van der Waals surface area (Å²) in [7, 11) is -3.01. The van der Waals surface area contributed by atoms with E-state index in [-0.39, 0.29) is 23.3 Å². The number of halogens is 1. The highest BCUT2D eigenvalue weighted by molar-refractivity contribution is 7.91. The zero-order valence-electron chi connectivity index (χ0n) is 12.2. The topological polar surface area (TPSA) is 57.7 Å². The molecule has 0 spiro atoms. The molecular formula is C15H19ClN2O3S. The third-order valence-electron chi connectivity index (χ3n) is 4.35. The Hall–Kier alpha value is -1.27. The zero-order chi connectivity index (χ0) is 15.7. The van der Waals surface area contributed by atoms with Gasteiger partial charge in [-0.2, -0.15) is 0 Å². The Labute approximate surface area is 135 Å². The monoisotopic (exact) mass is 342 g/mol. The van der Waals surface area contributed by atoms with Crippen LogP contribution < -0.4 is 4.90 Å². The van der Waals surface area contributed by atoms with Crippen LogP contribution in [0.5, 0.6) is 0 Å². The summed E-state index contributed by atoms with van der Waals surface area (Å²) in [6.45, 7) is 2.74. The van der Waals surface area contributed by atoms with Crippen LogP contribution in [0.15, 0.2) is 24.3 Å². The zero-order valence-corrected chi connectivity index (χ0v) is 13.8. The molecule has 1 atom stereocenters. The van der Waals surface area contributed by atoms with E-state index in [1.807, 2.05) is 24.3 Å². The number of hydrogen-bond donors (Lipinski definition) is 0. The Balaban J connectivity index is 1.59. The second-order valence-corrected chi connectivity index (χ2v) is 8.56. The van der Waals surface area contributed by atoms with Crippen LogP contribution in [0.3, 0.4) is 0 Å². The van der Waals surface area contributed by atoms with Gasteiger partial charge in [-0.05, 0) is 24.6 Å². The van der Waals surface area contributed by atoms with Crippen molar-refractivity contribution in [2.45, 2.75) is 6.42 Å². The minimum absolute atomic E-state index is 0.00757. The van der Waals surface area contributed by atoms with E-state index in [1.165, 1.54) is 0 Å². The average molecular weight is 343 g/mol. The first-order chi connectivity index (χ1) is 10.4. The fraction of sp³-hybridized carbons (Fsp3) is 0.533. The van der Waals surface area contributed by atoms with Crippen LogP contribution >= 0.6 is 11.6 Å². The van der Waals surface area contributed by atoms with E-state index in [4.69, 9.17) is 11.6 Å². The van der Waals surface area contributed by atoms with Gasteiger partial charge in [-0.25, -0.2) is 8.42 Å². The van der Waals surface area contributed by atoms with E-state index in [0.717, 1.165) is 18.8 Å². The number of sulfone groups is 1. The second kappa shape index (κ2) is 6.08. The lowest BCUT2D eigenvalue weighted by Gasteiger charge is -2.37. The number of carbonyl (C=O) groups excluding carboxylic acids is 1. The Bertz CT molecular complexity index is 669. The van der Waals surface area contributed by atoms with Crippen molar-refractivity contribution in [1.82, 2.24) is 4.90 Å². The summed E-state index contributed by atoms with van der Waals surface area (Å²) in [6, 6.07) is 7.68. The lowest BCUT2D eigenvalue weighted by atomic mass is 10.1. The number of nitrogens with zero attached hydrogens (tertiary/aromatic N) is 2. The van der Waals surface area contributed by atoms with Gasteiger partial charge in [0, 0.05) is 36.9 Å². The lowest BCUT2D eigenvalue weighted by Crippen LogP contribution is -2.50. The Kier molecular flexibility index (Phi) is 4.32. The SMILES string of the molecule is O=C([C@@H]1CCS(=O)(=O)C1)N1CCN(c2cccc(Cl)c2)CC1. The van der Waals surface area contributed by atoms with E-state index in [2.05, 4.69) is 4.90 Å². The average Bonchev–Trinajstić information content (AvgIpc) is 2.87. The minimum atomic E-state index is -3.01. The molecule has 0 aliphatic carbocycles. The molecule has 22 heavy (non-hydrogen) atoms. The number of carbonyl (C=O) groups is 1. The third-order valence-corrected chi connectivity index (χ3v) is 6.35. The van der Waals surface area contributed by atoms with Gasteiger partial charge < -0.3 is 9.80 Å². The van der Waals surface area contributed by atoms with Gasteiger partial charge in [-0.1, -0.05) is 17.7 Å². The third kappa shape index (κ3) is 3.38. The van der Waals surface area contributed by atoms with Crippen molar-refractivity contribution in [3.8, 4) is 0 Å². The molecule has 0 aromatic heterocycles. The summed E-state index contributed by atoms with van der Waals surface area (Å²) in [5.41, 5.74) is 1.06. The van der Waals surface area contributed by atoms with E-state index < -0.39 is 9.84 Å². The van der Waals surface area contributed by atoms with Gasteiger partial charge in [0.1, 0.15) is 0 Å². The van der Waals surface area contributed by atoms with Gasteiger partial charge in [0.05, 0.1) is 17.4 Å². The van der Waals surface area contributed by atoms with E-state index in [1.54, 1.807) is 4.90 Å². The van der Waals surface area contributed by atoms with Crippen LogP contribution in [0.2, 0.25) is 5.02 Å². The first-order valence-corrected chi connectivity index (χ1v) is 9.64. The summed E-state index contributed by atoms with van der Waals surface area (Å²) < 4.78 is 23.0. The first-order valence-electron chi connectivity index (χ1n) is 7.44. The highest BCUT2D eigenvalue weighted by atomic mass is 35.5. The number of amides is 1. The van der Waals surface area contributed by atoms with Crippen LogP contribution in [0.4, 0.5) is 5.69 Å². The van der Waals surface area contributed by atoms with Gasteiger partial charge in [0.15, 0.2) is 9.84 Å². The van der Waals surface area contributed by atoms with Gasteiger partial charge in [-0.3, -0.25) is 4.79 Å². The molecule has 1 amide bonds. The van der Waals surface area contributed by atoms with Crippen molar-refractivity contribution in [3.63, 3.8) is 0 Å². The maximum atomic E-state index is 12.4. The van der Waals surface area contributed by atoms with Gasteiger partial charge >= 0.3 is 0 Å². The maximum absolute atomic E-state index is 12.4. The molecule has 2 aliphatic heterocycles. The summed E-state index contributed by atoms with van der Waals surface area (Å²) in [5.74, 6) is -0.193. The molecule has 1 aromatic carbocycles. The van der Waals surface area contributed by atoms with E-state index in [9.17, 15) is 13.2 Å². The molecule has 2 aliphatic rings. The summed E-state index contributed by atoms with van der Waals surface area (Å²) >= 11 is 6.01. The van der Waals surface area contributed by atoms with Gasteiger partial charge in [-0.15, -0.1) is 0 Å². The Morgan fingerprint density at radius 3 is 2.50 bits per heavy atom. The summed E-state index contributed by atoms with van der Waals surface area (Å²) in [4.78, 5) is 16.4. The van der Waals surface area contributed by atoms with Crippen LogP contribution in [0.25, 0.3) is 0 Å². The first kappa shape index (κ1) is 15.6. The normalized spacial score (nSPS) is 24.5. The molecule has 2 saturated heterocycles. The molecule has 2 heterocycles. The van der Waals surface area contributed by atoms with Crippen molar-refractivity contribution in [2.75, 3.05) is 42.6 Å². The van der Waals surface area contributed by atoms with Crippen molar-refractivity contribution in [2.24, 2.45) is 5.92 Å². The number of piperazine rings is 1. The Morgan fingerprint density at radius 1 is 1.18 bits per heavy atom. The smallest absolute Gasteiger partial charge is 0.226 e. The van der Waals surface area contributed by atoms with Crippen LogP contribution in [-0.4, -0.2) is 56.9 Å². The molecular weight excluding hydrogens is 324 g/mol. The van der Waals surface area contributed by atoms with Crippen LogP contribution in [0.1, 0.15) is 6.42 Å². The predicted octanol–water partition coefficient (Wildman–Crippen LogP) is 1.42.